The fourth-order valence-corrected chi connectivity index (χ4v) is 10.8. The Balaban J connectivity index is 1.19. The molecule has 260 valence electrons. The number of nitrogens with one attached hydrogen (secondary N) is 1. The minimum atomic E-state index is -3.82. The number of hydrogen-bond acceptors (Lipinski definition) is 4. The van der Waals surface area contributed by atoms with Crippen LogP contribution < -0.4 is 9.62 Å². The van der Waals surface area contributed by atoms with Crippen LogP contribution in [-0.2, 0) is 38.0 Å². The van der Waals surface area contributed by atoms with Crippen molar-refractivity contribution in [1.29, 1.82) is 0 Å². The van der Waals surface area contributed by atoms with Gasteiger partial charge >= 0.3 is 0 Å². The molecule has 5 aliphatic rings. The van der Waals surface area contributed by atoms with E-state index in [1.807, 2.05) is 73.7 Å². The van der Waals surface area contributed by atoms with Crippen molar-refractivity contribution in [3.63, 3.8) is 0 Å². The first kappa shape index (κ1) is 33.8. The molecule has 1 unspecified atom stereocenters. The maximum Gasteiger partial charge on any atom is 0.244 e. The van der Waals surface area contributed by atoms with Crippen LogP contribution in [0, 0.1) is 24.7 Å². The normalized spacial score (nSPS) is 25.2. The number of carbonyl (C=O) groups excluding carboxylic acids is 2. The summed E-state index contributed by atoms with van der Waals surface area (Å²) in [6.45, 7) is 1.81. The fourth-order valence-electron chi connectivity index (χ4n) is 9.99. The van der Waals surface area contributed by atoms with Crippen molar-refractivity contribution >= 4 is 27.5 Å². The van der Waals surface area contributed by atoms with E-state index in [-0.39, 0.29) is 30.5 Å². The van der Waals surface area contributed by atoms with E-state index < -0.39 is 22.0 Å². The Morgan fingerprint density at radius 2 is 1.45 bits per heavy atom. The molecule has 0 aliphatic heterocycles. The number of rotatable bonds is 12. The van der Waals surface area contributed by atoms with Gasteiger partial charge in [0.25, 0.3) is 0 Å². The van der Waals surface area contributed by atoms with Crippen molar-refractivity contribution < 1.29 is 18.0 Å². The molecule has 1 atom stereocenters. The monoisotopic (exact) mass is 681 g/mol. The molecule has 2 amide bonds. The molecule has 0 heterocycles. The van der Waals surface area contributed by atoms with Gasteiger partial charge in [0.1, 0.15) is 12.6 Å². The van der Waals surface area contributed by atoms with E-state index in [9.17, 15) is 18.0 Å². The number of aryl methyl sites for hydroxylation is 1. The first-order valence-electron chi connectivity index (χ1n) is 18.3. The van der Waals surface area contributed by atoms with Gasteiger partial charge in [0.05, 0.1) is 11.9 Å². The molecule has 7 nitrogen and oxygen atoms in total. The van der Waals surface area contributed by atoms with Crippen molar-refractivity contribution in [3.8, 4) is 0 Å². The molecule has 0 radical (unpaired) electrons. The van der Waals surface area contributed by atoms with Crippen LogP contribution in [0.5, 0.6) is 0 Å². The molecule has 3 aromatic rings. The topological polar surface area (TPSA) is 86.8 Å². The maximum atomic E-state index is 14.6. The van der Waals surface area contributed by atoms with Gasteiger partial charge in [-0.05, 0) is 110 Å². The summed E-state index contributed by atoms with van der Waals surface area (Å²) >= 11 is 0. The first-order valence-corrected chi connectivity index (χ1v) is 20.2. The molecule has 1 N–H and O–H groups in total. The second-order valence-corrected chi connectivity index (χ2v) is 17.6. The van der Waals surface area contributed by atoms with E-state index in [1.165, 1.54) is 48.4 Å². The van der Waals surface area contributed by atoms with E-state index >= 15 is 0 Å². The van der Waals surface area contributed by atoms with Crippen LogP contribution in [0.25, 0.3) is 0 Å². The number of hydrogen-bond donors (Lipinski definition) is 1. The molecule has 5 aliphatic carbocycles. The van der Waals surface area contributed by atoms with Crippen LogP contribution in [0.15, 0.2) is 78.9 Å². The van der Waals surface area contributed by atoms with Crippen LogP contribution >= 0.6 is 0 Å². The number of carbonyl (C=O) groups is 2. The van der Waals surface area contributed by atoms with Crippen molar-refractivity contribution in [2.45, 2.75) is 102 Å². The summed E-state index contributed by atoms with van der Waals surface area (Å²) in [5, 5.41) is 3.24. The lowest BCUT2D eigenvalue weighted by Gasteiger charge is -2.57. The third-order valence-electron chi connectivity index (χ3n) is 11.9. The smallest absolute Gasteiger partial charge is 0.244 e. The van der Waals surface area contributed by atoms with Gasteiger partial charge in [0, 0.05) is 19.0 Å². The minimum absolute atomic E-state index is 0.0849. The van der Waals surface area contributed by atoms with Gasteiger partial charge in [0.2, 0.25) is 21.8 Å². The lowest BCUT2D eigenvalue weighted by molar-refractivity contribution is -0.140. The Morgan fingerprint density at radius 3 is 2.04 bits per heavy atom. The molecule has 8 heteroatoms. The van der Waals surface area contributed by atoms with E-state index in [2.05, 4.69) is 17.4 Å². The number of amides is 2. The van der Waals surface area contributed by atoms with E-state index in [1.54, 1.807) is 4.90 Å². The molecule has 0 saturated heterocycles. The average molecular weight is 682 g/mol. The highest BCUT2D eigenvalue weighted by molar-refractivity contribution is 7.92. The standard InChI is InChI=1S/C41H51N3O4S/c1-29-9-8-12-31(19-29)27-43(38(23-30-10-4-3-5-11-30)40(46)42-36-13-6-7-14-36)39(45)28-44(49(2,47)48)37-17-15-35(16-18-37)41-24-32-20-33(25-41)22-34(21-32)26-41/h3-5,8-12,15-19,32-34,36,38H,6-7,13-14,20-28H2,1-2H3,(H,42,46). The Bertz CT molecular complexity index is 1720. The van der Waals surface area contributed by atoms with Crippen molar-refractivity contribution in [1.82, 2.24) is 10.2 Å². The highest BCUT2D eigenvalue weighted by Gasteiger charge is 2.51. The summed E-state index contributed by atoms with van der Waals surface area (Å²) in [6, 6.07) is 25.0. The third-order valence-corrected chi connectivity index (χ3v) is 13.0. The third kappa shape index (κ3) is 7.59. The highest BCUT2D eigenvalue weighted by atomic mass is 32.2. The molecule has 49 heavy (non-hydrogen) atoms. The Hall–Kier alpha value is -3.65. The van der Waals surface area contributed by atoms with E-state index in [0.717, 1.165) is 66.4 Å². The van der Waals surface area contributed by atoms with Gasteiger partial charge in [-0.1, -0.05) is 85.1 Å². The molecule has 0 aromatic heterocycles. The summed E-state index contributed by atoms with van der Waals surface area (Å²) in [6.07, 6.45) is 13.3. The molecular formula is C41H51N3O4S. The second-order valence-electron chi connectivity index (χ2n) is 15.7. The van der Waals surface area contributed by atoms with E-state index in [0.29, 0.717) is 12.1 Å². The van der Waals surface area contributed by atoms with Crippen LogP contribution in [0.1, 0.15) is 86.5 Å². The minimum Gasteiger partial charge on any atom is -0.352 e. The van der Waals surface area contributed by atoms with Crippen molar-refractivity contribution in [2.75, 3.05) is 17.1 Å². The lowest BCUT2D eigenvalue weighted by Crippen LogP contribution is -2.54. The fraction of sp³-hybridized carbons (Fsp3) is 0.512. The summed E-state index contributed by atoms with van der Waals surface area (Å²) < 4.78 is 28.0. The maximum absolute atomic E-state index is 14.6. The van der Waals surface area contributed by atoms with Crippen molar-refractivity contribution in [3.05, 3.63) is 101 Å². The Morgan fingerprint density at radius 1 is 0.837 bits per heavy atom. The predicted molar refractivity (Wildman–Crippen MR) is 195 cm³/mol. The Labute approximate surface area is 292 Å². The lowest BCUT2D eigenvalue weighted by atomic mass is 9.48. The zero-order valence-electron chi connectivity index (χ0n) is 29.0. The van der Waals surface area contributed by atoms with Crippen molar-refractivity contribution in [2.24, 2.45) is 17.8 Å². The quantitative estimate of drug-likeness (QED) is 0.225. The molecule has 3 aromatic carbocycles. The summed E-state index contributed by atoms with van der Waals surface area (Å²) in [4.78, 5) is 30.3. The van der Waals surface area contributed by atoms with Gasteiger partial charge in [-0.15, -0.1) is 0 Å². The average Bonchev–Trinajstić information content (AvgIpc) is 3.58. The molecular weight excluding hydrogens is 631 g/mol. The van der Waals surface area contributed by atoms with Gasteiger partial charge < -0.3 is 10.2 Å². The number of sulfonamides is 1. The molecule has 5 fully saturated rings. The van der Waals surface area contributed by atoms with Crippen LogP contribution in [0.4, 0.5) is 5.69 Å². The van der Waals surface area contributed by atoms with Crippen LogP contribution in [-0.4, -0.2) is 50.0 Å². The Kier molecular flexibility index (Phi) is 9.62. The van der Waals surface area contributed by atoms with Gasteiger partial charge in [-0.3, -0.25) is 13.9 Å². The molecule has 5 saturated carbocycles. The van der Waals surface area contributed by atoms with Crippen LogP contribution in [0.3, 0.4) is 0 Å². The second kappa shape index (κ2) is 13.9. The number of anilines is 1. The summed E-state index contributed by atoms with van der Waals surface area (Å²) in [5.41, 5.74) is 4.87. The SMILES string of the molecule is Cc1cccc(CN(C(=O)CN(c2ccc(C34CC5CC(CC(C5)C3)C4)cc2)S(C)(=O)=O)C(Cc2ccccc2)C(=O)NC2CCCC2)c1. The number of nitrogens with zero attached hydrogens (tertiary/aromatic N) is 2. The van der Waals surface area contributed by atoms with Crippen LogP contribution in [0.2, 0.25) is 0 Å². The zero-order chi connectivity index (χ0) is 34.2. The predicted octanol–water partition coefficient (Wildman–Crippen LogP) is 6.93. The van der Waals surface area contributed by atoms with Gasteiger partial charge in [-0.25, -0.2) is 8.42 Å². The zero-order valence-corrected chi connectivity index (χ0v) is 29.8. The van der Waals surface area contributed by atoms with Gasteiger partial charge in [0.15, 0.2) is 0 Å². The number of benzene rings is 3. The summed E-state index contributed by atoms with van der Waals surface area (Å²) in [7, 11) is -3.82. The molecule has 8 rings (SSSR count). The largest absolute Gasteiger partial charge is 0.352 e. The summed E-state index contributed by atoms with van der Waals surface area (Å²) in [5.74, 6) is 1.84. The molecule has 0 spiro atoms. The van der Waals surface area contributed by atoms with E-state index in [4.69, 9.17) is 0 Å². The molecule has 4 bridgehead atoms. The first-order chi connectivity index (χ1) is 23.5. The van der Waals surface area contributed by atoms with Gasteiger partial charge in [-0.2, -0.15) is 0 Å². The highest BCUT2D eigenvalue weighted by Crippen LogP contribution is 2.60.